The molecule has 1 heterocycles. The van der Waals surface area contributed by atoms with Crippen LogP contribution in [0.5, 0.6) is 0 Å². The lowest BCUT2D eigenvalue weighted by atomic mass is 10.1. The van der Waals surface area contributed by atoms with Gasteiger partial charge >= 0.3 is 0 Å². The minimum absolute atomic E-state index is 0.122. The summed E-state index contributed by atoms with van der Waals surface area (Å²) in [6.07, 6.45) is 0. The molecule has 0 bridgehead atoms. The highest BCUT2D eigenvalue weighted by Crippen LogP contribution is 2.23. The predicted molar refractivity (Wildman–Crippen MR) is 99.4 cm³/mol. The van der Waals surface area contributed by atoms with E-state index in [1.165, 1.54) is 36.5 Å². The summed E-state index contributed by atoms with van der Waals surface area (Å²) in [7, 11) is 0. The Bertz CT molecular complexity index is 938. The van der Waals surface area contributed by atoms with Gasteiger partial charge in [-0.05, 0) is 30.3 Å². The first-order chi connectivity index (χ1) is 12.5. The molecule has 0 saturated heterocycles. The van der Waals surface area contributed by atoms with Crippen LogP contribution >= 0.6 is 11.3 Å². The van der Waals surface area contributed by atoms with Gasteiger partial charge in [0.1, 0.15) is 10.8 Å². The lowest BCUT2D eigenvalue weighted by Crippen LogP contribution is -2.22. The summed E-state index contributed by atoms with van der Waals surface area (Å²) in [5, 5.41) is 8.09. The van der Waals surface area contributed by atoms with Crippen molar-refractivity contribution < 1.29 is 14.0 Å². The average Bonchev–Trinajstić information content (AvgIpc) is 3.09. The van der Waals surface area contributed by atoms with Gasteiger partial charge in [0.05, 0.1) is 12.2 Å². The molecular weight excluding hydrogens is 353 g/mol. The Hall–Kier alpha value is -3.06. The number of benzene rings is 2. The number of rotatable bonds is 5. The van der Waals surface area contributed by atoms with E-state index in [0.717, 1.165) is 22.0 Å². The summed E-state index contributed by atoms with van der Waals surface area (Å²) in [6, 6.07) is 12.9. The van der Waals surface area contributed by atoms with Crippen LogP contribution in [0.3, 0.4) is 0 Å². The zero-order chi connectivity index (χ0) is 18.5. The van der Waals surface area contributed by atoms with Crippen molar-refractivity contribution in [3.05, 3.63) is 70.3 Å². The molecule has 0 aliphatic rings. The number of carbonyl (C=O) groups is 2. The van der Waals surface area contributed by atoms with Gasteiger partial charge in [-0.2, -0.15) is 0 Å². The second-order valence-electron chi connectivity index (χ2n) is 5.58. The van der Waals surface area contributed by atoms with Crippen LogP contribution in [-0.2, 0) is 11.3 Å². The summed E-state index contributed by atoms with van der Waals surface area (Å²) in [5.74, 6) is -0.916. The Morgan fingerprint density at radius 2 is 1.92 bits per heavy atom. The highest BCUT2D eigenvalue weighted by molar-refractivity contribution is 7.09. The van der Waals surface area contributed by atoms with Crippen molar-refractivity contribution in [2.75, 3.05) is 5.32 Å². The fourth-order valence-corrected chi connectivity index (χ4v) is 3.08. The standard InChI is InChI=1S/C19H16FN3O2S/c1-12(24)22-16-7-5-13(6-8-16)17-11-26-18(23-17)10-21-19(25)14-3-2-4-15(20)9-14/h2-9,11H,10H2,1H3,(H,21,25)(H,22,24). The van der Waals surface area contributed by atoms with E-state index in [0.29, 0.717) is 0 Å². The number of nitrogens with zero attached hydrogens (tertiary/aromatic N) is 1. The lowest BCUT2D eigenvalue weighted by molar-refractivity contribution is -0.114. The second-order valence-corrected chi connectivity index (χ2v) is 6.52. The van der Waals surface area contributed by atoms with Crippen molar-refractivity contribution in [3.8, 4) is 11.3 Å². The normalized spacial score (nSPS) is 10.4. The highest BCUT2D eigenvalue weighted by atomic mass is 32.1. The molecule has 0 radical (unpaired) electrons. The Morgan fingerprint density at radius 3 is 2.62 bits per heavy atom. The number of hydrogen-bond donors (Lipinski definition) is 2. The number of carbonyl (C=O) groups excluding carboxylic acids is 2. The zero-order valence-electron chi connectivity index (χ0n) is 14.0. The van der Waals surface area contributed by atoms with E-state index in [-0.39, 0.29) is 23.9 Å². The third kappa shape index (κ3) is 4.52. The Balaban J connectivity index is 1.62. The van der Waals surface area contributed by atoms with Crippen LogP contribution in [0.1, 0.15) is 22.3 Å². The summed E-state index contributed by atoms with van der Waals surface area (Å²) >= 11 is 1.43. The van der Waals surface area contributed by atoms with Crippen molar-refractivity contribution in [1.29, 1.82) is 0 Å². The van der Waals surface area contributed by atoms with E-state index in [4.69, 9.17) is 0 Å². The first-order valence-corrected chi connectivity index (χ1v) is 8.75. The first kappa shape index (κ1) is 17.8. The van der Waals surface area contributed by atoms with Crippen LogP contribution in [0.15, 0.2) is 53.9 Å². The lowest BCUT2D eigenvalue weighted by Gasteiger charge is -2.04. The smallest absolute Gasteiger partial charge is 0.251 e. The van der Waals surface area contributed by atoms with Gasteiger partial charge < -0.3 is 10.6 Å². The first-order valence-electron chi connectivity index (χ1n) is 7.87. The second kappa shape index (κ2) is 7.88. The molecule has 2 aromatic carbocycles. The van der Waals surface area contributed by atoms with Crippen LogP contribution in [0.25, 0.3) is 11.3 Å². The van der Waals surface area contributed by atoms with Crippen molar-refractivity contribution in [2.24, 2.45) is 0 Å². The molecule has 3 rings (SSSR count). The molecular formula is C19H16FN3O2S. The number of nitrogens with one attached hydrogen (secondary N) is 2. The van der Waals surface area contributed by atoms with Gasteiger partial charge in [0.15, 0.2) is 0 Å². The minimum Gasteiger partial charge on any atom is -0.346 e. The number of hydrogen-bond acceptors (Lipinski definition) is 4. The molecule has 26 heavy (non-hydrogen) atoms. The zero-order valence-corrected chi connectivity index (χ0v) is 14.8. The van der Waals surface area contributed by atoms with Crippen molar-refractivity contribution >= 4 is 28.8 Å². The summed E-state index contributed by atoms with van der Waals surface area (Å²) < 4.78 is 13.2. The molecule has 0 fully saturated rings. The fraction of sp³-hybridized carbons (Fsp3) is 0.105. The van der Waals surface area contributed by atoms with Gasteiger partial charge in [-0.25, -0.2) is 9.37 Å². The molecule has 3 aromatic rings. The van der Waals surface area contributed by atoms with Gasteiger partial charge in [-0.15, -0.1) is 11.3 Å². The average molecular weight is 369 g/mol. The number of aromatic nitrogens is 1. The summed E-state index contributed by atoms with van der Waals surface area (Å²) in [5.41, 5.74) is 2.70. The van der Waals surface area contributed by atoms with Crippen LogP contribution in [-0.4, -0.2) is 16.8 Å². The van der Waals surface area contributed by atoms with E-state index in [9.17, 15) is 14.0 Å². The van der Waals surface area contributed by atoms with Gasteiger partial charge in [0, 0.05) is 29.1 Å². The SMILES string of the molecule is CC(=O)Nc1ccc(-c2csc(CNC(=O)c3cccc(F)c3)n2)cc1. The Morgan fingerprint density at radius 1 is 1.15 bits per heavy atom. The number of amides is 2. The fourth-order valence-electron chi connectivity index (χ4n) is 2.34. The third-order valence-corrected chi connectivity index (χ3v) is 4.39. The van der Waals surface area contributed by atoms with E-state index >= 15 is 0 Å². The third-order valence-electron chi connectivity index (χ3n) is 3.54. The molecule has 2 amide bonds. The molecule has 2 N–H and O–H groups in total. The van der Waals surface area contributed by atoms with Gasteiger partial charge in [-0.3, -0.25) is 9.59 Å². The summed E-state index contributed by atoms with van der Waals surface area (Å²) in [4.78, 5) is 27.6. The highest BCUT2D eigenvalue weighted by Gasteiger charge is 2.09. The topological polar surface area (TPSA) is 71.1 Å². The largest absolute Gasteiger partial charge is 0.346 e. The van der Waals surface area contributed by atoms with Gasteiger partial charge in [0.25, 0.3) is 5.91 Å². The molecule has 7 heteroatoms. The van der Waals surface area contributed by atoms with E-state index < -0.39 is 5.82 Å². The predicted octanol–water partition coefficient (Wildman–Crippen LogP) is 3.84. The van der Waals surface area contributed by atoms with E-state index in [1.54, 1.807) is 6.07 Å². The molecule has 0 atom stereocenters. The minimum atomic E-state index is -0.447. The molecule has 0 unspecified atom stereocenters. The van der Waals surface area contributed by atoms with Gasteiger partial charge in [-0.1, -0.05) is 18.2 Å². The Kier molecular flexibility index (Phi) is 5.38. The Labute approximate surface area is 153 Å². The molecule has 0 aliphatic carbocycles. The van der Waals surface area contributed by atoms with Crippen LogP contribution in [0, 0.1) is 5.82 Å². The van der Waals surface area contributed by atoms with Crippen LogP contribution in [0.2, 0.25) is 0 Å². The van der Waals surface area contributed by atoms with Crippen molar-refractivity contribution in [2.45, 2.75) is 13.5 Å². The number of anilines is 1. The van der Waals surface area contributed by atoms with Crippen LogP contribution in [0.4, 0.5) is 10.1 Å². The van der Waals surface area contributed by atoms with Crippen molar-refractivity contribution in [1.82, 2.24) is 10.3 Å². The van der Waals surface area contributed by atoms with Gasteiger partial charge in [0.2, 0.25) is 5.91 Å². The molecule has 0 spiro atoms. The molecule has 0 saturated carbocycles. The number of halogens is 1. The summed E-state index contributed by atoms with van der Waals surface area (Å²) in [6.45, 7) is 1.72. The maximum absolute atomic E-state index is 13.2. The quantitative estimate of drug-likeness (QED) is 0.718. The maximum Gasteiger partial charge on any atom is 0.251 e. The molecule has 132 valence electrons. The molecule has 1 aromatic heterocycles. The van der Waals surface area contributed by atoms with E-state index in [2.05, 4.69) is 15.6 Å². The van der Waals surface area contributed by atoms with Crippen molar-refractivity contribution in [3.63, 3.8) is 0 Å². The molecule has 5 nitrogen and oxygen atoms in total. The molecule has 0 aliphatic heterocycles. The maximum atomic E-state index is 13.2. The van der Waals surface area contributed by atoms with E-state index in [1.807, 2.05) is 29.6 Å². The monoisotopic (exact) mass is 369 g/mol. The number of thiazole rings is 1. The van der Waals surface area contributed by atoms with Crippen LogP contribution < -0.4 is 10.6 Å².